The second kappa shape index (κ2) is 23.7. The first-order valence-corrected chi connectivity index (χ1v) is 21.8. The van der Waals surface area contributed by atoms with Gasteiger partial charge in [0.15, 0.2) is 11.6 Å². The maximum Gasteiger partial charge on any atom is 0.258 e. The number of carbonyl (C=O) groups excluding carboxylic acids is 6. The maximum atomic E-state index is 13.4. The lowest BCUT2D eigenvalue weighted by Gasteiger charge is -2.15. The highest BCUT2D eigenvalue weighted by Crippen LogP contribution is 2.30. The molecule has 4 amide bonds. The van der Waals surface area contributed by atoms with Crippen LogP contribution in [0.1, 0.15) is 51.3 Å². The van der Waals surface area contributed by atoms with Crippen molar-refractivity contribution in [2.75, 3.05) is 35.5 Å². The summed E-state index contributed by atoms with van der Waals surface area (Å²) in [5.74, 6) is -3.00. The van der Waals surface area contributed by atoms with Crippen LogP contribution in [0.25, 0.3) is 0 Å². The van der Waals surface area contributed by atoms with Gasteiger partial charge in [0.25, 0.3) is 23.6 Å². The predicted octanol–water partition coefficient (Wildman–Crippen LogP) is 11.1. The van der Waals surface area contributed by atoms with Crippen LogP contribution in [-0.4, -0.2) is 61.5 Å². The predicted molar refractivity (Wildman–Crippen MR) is 255 cm³/mol. The SMILES string of the molecule is COc1ccc(NC(=O)c2cc(N=NC(C(C)=O)C(=O)Nc3ccc(NC(=O)C(N=Nc4ccc(Cl)c(C(=O)Nc5ccc(OC)cc5CCl)c4)C(C)=O)c(CCl)c3)ccc2Cl)c(CCl)c1. The molecule has 2 atom stereocenters. The summed E-state index contributed by atoms with van der Waals surface area (Å²) in [7, 11) is 3.01. The zero-order chi connectivity index (χ0) is 48.1. The zero-order valence-corrected chi connectivity index (χ0v) is 39.2. The van der Waals surface area contributed by atoms with E-state index in [2.05, 4.69) is 41.7 Å². The van der Waals surface area contributed by atoms with Gasteiger partial charge >= 0.3 is 0 Å². The van der Waals surface area contributed by atoms with E-state index in [9.17, 15) is 28.8 Å². The van der Waals surface area contributed by atoms with Crippen molar-refractivity contribution in [3.05, 3.63) is 129 Å². The van der Waals surface area contributed by atoms with Gasteiger partial charge in [-0.3, -0.25) is 28.8 Å². The fourth-order valence-corrected chi connectivity index (χ4v) is 7.01. The fraction of sp³-hybridized carbons (Fsp3) is 0.200. The van der Waals surface area contributed by atoms with Crippen molar-refractivity contribution in [2.45, 2.75) is 43.6 Å². The lowest BCUT2D eigenvalue weighted by molar-refractivity contribution is -0.127. The number of rotatable bonds is 19. The number of carbonyl (C=O) groups is 6. The highest BCUT2D eigenvalue weighted by molar-refractivity contribution is 6.35. The molecular weight excluding hydrogens is 958 g/mol. The van der Waals surface area contributed by atoms with Crippen LogP contribution in [0.15, 0.2) is 111 Å². The number of methoxy groups -OCH3 is 2. The Labute approximate surface area is 403 Å². The summed E-state index contributed by atoms with van der Waals surface area (Å²) in [4.78, 5) is 78.4. The minimum Gasteiger partial charge on any atom is -0.497 e. The fourth-order valence-electron chi connectivity index (χ4n) is 5.94. The van der Waals surface area contributed by atoms with Crippen LogP contribution < -0.4 is 30.7 Å². The van der Waals surface area contributed by atoms with Gasteiger partial charge in [0.2, 0.25) is 12.1 Å². The molecule has 0 aliphatic carbocycles. The van der Waals surface area contributed by atoms with E-state index in [1.807, 2.05) is 0 Å². The highest BCUT2D eigenvalue weighted by Gasteiger charge is 2.26. The van der Waals surface area contributed by atoms with Crippen molar-refractivity contribution >= 4 is 127 Å². The summed E-state index contributed by atoms with van der Waals surface area (Å²) in [5.41, 5.74) is 3.09. The van der Waals surface area contributed by atoms with E-state index in [-0.39, 0.29) is 61.6 Å². The van der Waals surface area contributed by atoms with Gasteiger partial charge in [-0.25, -0.2) is 0 Å². The summed E-state index contributed by atoms with van der Waals surface area (Å²) in [6.07, 6.45) is 0. The number of ether oxygens (including phenoxy) is 2. The summed E-state index contributed by atoms with van der Waals surface area (Å²) in [6, 6.07) is 19.4. The number of halogens is 5. The molecule has 0 spiro atoms. The molecule has 342 valence electrons. The second-order valence-corrected chi connectivity index (χ2v) is 15.6. The molecule has 66 heavy (non-hydrogen) atoms. The molecular formula is C45H39Cl5N8O8. The third-order valence-corrected chi connectivity index (χ3v) is 10.9. The molecule has 0 fully saturated rings. The first kappa shape index (κ1) is 50.6. The number of azo groups is 2. The molecule has 0 saturated carbocycles. The standard InChI is InChI=1S/C45H39Cl5N8O8/c1-23(59)40(57-55-29-5-10-35(49)33(18-29)42(61)52-38-13-8-31(65-3)16-26(38)21-47)44(63)51-28-7-12-37(25(15-28)20-46)54-45(64)41(24(2)60)58-56-30-6-11-36(50)34(19-30)43(62)53-39-14-9-32(66-4)17-27(39)22-48/h5-19,40-41H,20-22H2,1-4H3,(H,51,63)(H,52,61)(H,53,62)(H,54,64). The van der Waals surface area contributed by atoms with Crippen LogP contribution in [-0.2, 0) is 36.8 Å². The van der Waals surface area contributed by atoms with Gasteiger partial charge in [0.05, 0.1) is 46.8 Å². The molecule has 5 aromatic rings. The van der Waals surface area contributed by atoms with Gasteiger partial charge in [-0.1, -0.05) is 23.2 Å². The lowest BCUT2D eigenvalue weighted by atomic mass is 10.1. The van der Waals surface area contributed by atoms with Crippen molar-refractivity contribution in [3.8, 4) is 11.5 Å². The molecule has 5 aromatic carbocycles. The molecule has 2 unspecified atom stereocenters. The molecule has 5 rings (SSSR count). The van der Waals surface area contributed by atoms with E-state index in [0.717, 1.165) is 13.8 Å². The van der Waals surface area contributed by atoms with Crippen molar-refractivity contribution < 1.29 is 38.2 Å². The first-order chi connectivity index (χ1) is 31.6. The van der Waals surface area contributed by atoms with E-state index in [0.29, 0.717) is 39.6 Å². The lowest BCUT2D eigenvalue weighted by Crippen LogP contribution is -2.32. The third-order valence-electron chi connectivity index (χ3n) is 9.42. The number of benzene rings is 5. The molecule has 4 N–H and O–H groups in total. The number of alkyl halides is 3. The molecule has 0 heterocycles. The third kappa shape index (κ3) is 13.1. The molecule has 0 aliphatic rings. The Morgan fingerprint density at radius 3 is 1.32 bits per heavy atom. The Balaban J connectivity index is 1.26. The highest BCUT2D eigenvalue weighted by atomic mass is 35.5. The molecule has 0 bridgehead atoms. The van der Waals surface area contributed by atoms with Gasteiger partial charge in [-0.05, 0) is 122 Å². The Morgan fingerprint density at radius 2 is 0.909 bits per heavy atom. The number of nitrogens with zero attached hydrogens (tertiary/aromatic N) is 4. The molecule has 0 aliphatic heterocycles. The van der Waals surface area contributed by atoms with Crippen molar-refractivity contribution in [1.82, 2.24) is 0 Å². The van der Waals surface area contributed by atoms with Crippen LogP contribution in [0.2, 0.25) is 10.0 Å². The van der Waals surface area contributed by atoms with Gasteiger partial charge in [-0.2, -0.15) is 20.5 Å². The van der Waals surface area contributed by atoms with Crippen LogP contribution in [0.3, 0.4) is 0 Å². The van der Waals surface area contributed by atoms with Crippen molar-refractivity contribution in [2.24, 2.45) is 20.5 Å². The van der Waals surface area contributed by atoms with Crippen LogP contribution in [0.4, 0.5) is 34.1 Å². The largest absolute Gasteiger partial charge is 0.497 e. The number of amides is 4. The summed E-state index contributed by atoms with van der Waals surface area (Å²) in [5, 5.41) is 27.0. The van der Waals surface area contributed by atoms with Gasteiger partial charge < -0.3 is 30.7 Å². The topological polar surface area (TPSA) is 218 Å². The number of hydrogen-bond acceptors (Lipinski definition) is 12. The Bertz CT molecular complexity index is 2750. The van der Waals surface area contributed by atoms with Crippen LogP contribution >= 0.6 is 58.0 Å². The number of hydrogen-bond donors (Lipinski definition) is 4. The molecule has 0 aromatic heterocycles. The normalized spacial score (nSPS) is 12.0. The number of ketones is 2. The summed E-state index contributed by atoms with van der Waals surface area (Å²) in [6.45, 7) is 2.31. The average molecular weight is 997 g/mol. The summed E-state index contributed by atoms with van der Waals surface area (Å²) >= 11 is 31.0. The number of Topliss-reactive ketones (excluding diaryl/α,β-unsaturated/α-hetero) is 2. The van der Waals surface area contributed by atoms with E-state index in [1.54, 1.807) is 36.4 Å². The Morgan fingerprint density at radius 1 is 0.515 bits per heavy atom. The van der Waals surface area contributed by atoms with Crippen molar-refractivity contribution in [3.63, 3.8) is 0 Å². The van der Waals surface area contributed by atoms with E-state index in [4.69, 9.17) is 67.5 Å². The van der Waals surface area contributed by atoms with Crippen LogP contribution in [0.5, 0.6) is 11.5 Å². The minimum atomic E-state index is -1.61. The minimum absolute atomic E-state index is 0.0371. The molecule has 16 nitrogen and oxygen atoms in total. The molecule has 0 radical (unpaired) electrons. The number of nitrogens with one attached hydrogen (secondary N) is 4. The molecule has 0 saturated heterocycles. The second-order valence-electron chi connectivity index (χ2n) is 14.0. The Kier molecular flexibility index (Phi) is 18.1. The van der Waals surface area contributed by atoms with Gasteiger partial charge in [0.1, 0.15) is 11.5 Å². The number of anilines is 4. The van der Waals surface area contributed by atoms with Gasteiger partial charge in [-0.15, -0.1) is 34.8 Å². The maximum absolute atomic E-state index is 13.4. The zero-order valence-electron chi connectivity index (χ0n) is 35.4. The average Bonchev–Trinajstić information content (AvgIpc) is 3.30. The van der Waals surface area contributed by atoms with Crippen LogP contribution in [0, 0.1) is 0 Å². The van der Waals surface area contributed by atoms with E-state index in [1.165, 1.54) is 68.8 Å². The summed E-state index contributed by atoms with van der Waals surface area (Å²) < 4.78 is 10.4. The smallest absolute Gasteiger partial charge is 0.258 e. The quantitative estimate of drug-likeness (QED) is 0.0353. The monoisotopic (exact) mass is 994 g/mol. The van der Waals surface area contributed by atoms with E-state index < -0.39 is 47.3 Å². The Hall–Kier alpha value is -6.43. The van der Waals surface area contributed by atoms with Gasteiger partial charge in [0, 0.05) is 40.4 Å². The first-order valence-electron chi connectivity index (χ1n) is 19.4. The van der Waals surface area contributed by atoms with Crippen molar-refractivity contribution in [1.29, 1.82) is 0 Å². The van der Waals surface area contributed by atoms with E-state index >= 15 is 0 Å². The molecule has 21 heteroatoms.